The molecule has 88 valence electrons. The molecule has 0 aromatic carbocycles. The van der Waals surface area contributed by atoms with E-state index in [4.69, 9.17) is 15.8 Å². The molecular weight excluding hydrogens is 231 g/mol. The predicted molar refractivity (Wildman–Crippen MR) is 65.3 cm³/mol. The second kappa shape index (κ2) is 3.61. The molecule has 2 atom stereocenters. The Hall–Kier alpha value is 0.220. The smallest absolute Gasteiger partial charge is 0.306 e. The number of hydrogen-bond acceptors (Lipinski definition) is 2. The molecule has 2 nitrogen and oxygen atoms in total. The third-order valence-electron chi connectivity index (χ3n) is 2.47. The number of hydrogen-bond donors (Lipinski definition) is 0. The molecule has 0 aliphatic carbocycles. The maximum absolute atomic E-state index is 12.1. The van der Waals surface area contributed by atoms with Gasteiger partial charge in [-0.2, -0.15) is 0 Å². The molecule has 0 saturated carbocycles. The third-order valence-corrected chi connectivity index (χ3v) is 5.15. The molecule has 0 radical (unpaired) electrons. The summed E-state index contributed by atoms with van der Waals surface area (Å²) in [6.45, 7) is 9.07. The molecule has 1 rings (SSSR count). The Bertz CT molecular complexity index is 333. The van der Waals surface area contributed by atoms with Crippen LogP contribution in [0.4, 0.5) is 0 Å². The van der Waals surface area contributed by atoms with Gasteiger partial charge in [0.1, 0.15) is 0 Å². The molecule has 0 fully saturated rings. The van der Waals surface area contributed by atoms with E-state index in [2.05, 4.69) is 20.8 Å². The van der Waals surface area contributed by atoms with Gasteiger partial charge in [-0.1, -0.05) is 41.5 Å². The highest BCUT2D eigenvalue weighted by atomic mass is 35.7. The fourth-order valence-corrected chi connectivity index (χ4v) is 4.61. The lowest BCUT2D eigenvalue weighted by Gasteiger charge is -2.25. The first kappa shape index (κ1) is 13.3. The summed E-state index contributed by atoms with van der Waals surface area (Å²) >= 11 is 5.98. The third kappa shape index (κ3) is 2.87. The Labute approximate surface area is 97.3 Å². The highest BCUT2D eigenvalue weighted by Crippen LogP contribution is 2.70. The zero-order valence-corrected chi connectivity index (χ0v) is 11.9. The van der Waals surface area contributed by atoms with E-state index in [-0.39, 0.29) is 16.9 Å². The van der Waals surface area contributed by atoms with Crippen LogP contribution in [-0.4, -0.2) is 6.10 Å². The van der Waals surface area contributed by atoms with Crippen molar-refractivity contribution in [3.63, 3.8) is 0 Å². The van der Waals surface area contributed by atoms with Crippen LogP contribution in [0.5, 0.6) is 0 Å². The minimum Gasteiger partial charge on any atom is -0.306 e. The van der Waals surface area contributed by atoms with Crippen molar-refractivity contribution in [1.29, 1.82) is 0 Å². The summed E-state index contributed by atoms with van der Waals surface area (Å²) in [5, 5.41) is 0.747. The lowest BCUT2D eigenvalue weighted by Crippen LogP contribution is -2.23. The first-order valence-electron chi connectivity index (χ1n) is 5.15. The quantitative estimate of drug-likeness (QED) is 0.578. The van der Waals surface area contributed by atoms with Crippen LogP contribution >= 0.6 is 18.0 Å². The number of allylic oxidation sites excluding steroid dienone is 1. The molecule has 0 spiro atoms. The summed E-state index contributed by atoms with van der Waals surface area (Å²) in [5.74, 6) is 0. The molecular formula is C11H20ClO2P. The molecule has 1 aliphatic heterocycles. The maximum atomic E-state index is 12.1. The molecule has 15 heavy (non-hydrogen) atoms. The van der Waals surface area contributed by atoms with E-state index in [0.717, 1.165) is 5.31 Å². The van der Waals surface area contributed by atoms with Gasteiger partial charge in [0.25, 0.3) is 0 Å². The zero-order chi connectivity index (χ0) is 12.1. The first-order chi connectivity index (χ1) is 6.44. The van der Waals surface area contributed by atoms with Crippen LogP contribution in [-0.2, 0) is 9.09 Å². The SMILES string of the molecule is CC(C)(C)C1=CC(C(C)(C)C)OP1(=O)Cl. The first-order valence-corrected chi connectivity index (χ1v) is 7.68. The minimum atomic E-state index is -3.09. The summed E-state index contributed by atoms with van der Waals surface area (Å²) in [4.78, 5) is 0. The van der Waals surface area contributed by atoms with Crippen molar-refractivity contribution < 1.29 is 9.09 Å². The summed E-state index contributed by atoms with van der Waals surface area (Å²) < 4.78 is 17.6. The van der Waals surface area contributed by atoms with E-state index < -0.39 is 6.72 Å². The minimum absolute atomic E-state index is 0.0719. The van der Waals surface area contributed by atoms with Crippen molar-refractivity contribution in [3.8, 4) is 0 Å². The largest absolute Gasteiger partial charge is 0.316 e. The van der Waals surface area contributed by atoms with Gasteiger partial charge in [0.15, 0.2) is 0 Å². The van der Waals surface area contributed by atoms with Gasteiger partial charge in [0.2, 0.25) is 0 Å². The number of rotatable bonds is 0. The lowest BCUT2D eigenvalue weighted by atomic mass is 9.86. The predicted octanol–water partition coefficient (Wildman–Crippen LogP) is 4.79. The van der Waals surface area contributed by atoms with Gasteiger partial charge in [-0.15, -0.1) is 0 Å². The van der Waals surface area contributed by atoms with E-state index in [9.17, 15) is 4.57 Å². The van der Waals surface area contributed by atoms with Crippen LogP contribution in [0.25, 0.3) is 0 Å². The summed E-state index contributed by atoms with van der Waals surface area (Å²) in [6, 6.07) is 0. The lowest BCUT2D eigenvalue weighted by molar-refractivity contribution is 0.145. The molecule has 0 saturated heterocycles. The van der Waals surface area contributed by atoms with E-state index in [1.54, 1.807) is 0 Å². The van der Waals surface area contributed by atoms with Gasteiger partial charge >= 0.3 is 6.72 Å². The average Bonchev–Trinajstić information content (AvgIpc) is 2.22. The summed E-state index contributed by atoms with van der Waals surface area (Å²) in [6.07, 6.45) is 1.78. The van der Waals surface area contributed by atoms with E-state index >= 15 is 0 Å². The van der Waals surface area contributed by atoms with Gasteiger partial charge in [-0.3, -0.25) is 4.57 Å². The van der Waals surface area contributed by atoms with Crippen LogP contribution in [0.2, 0.25) is 0 Å². The van der Waals surface area contributed by atoms with Gasteiger partial charge in [0.05, 0.1) is 6.10 Å². The molecule has 0 N–H and O–H groups in total. The zero-order valence-electron chi connectivity index (χ0n) is 10.3. The van der Waals surface area contributed by atoms with Crippen molar-refractivity contribution in [1.82, 2.24) is 0 Å². The standard InChI is InChI=1S/C11H20ClO2P/c1-10(2,3)8-7-9(11(4,5)6)15(12,13)14-8/h7-8H,1-6H3. The van der Waals surface area contributed by atoms with Crippen molar-refractivity contribution >= 4 is 18.0 Å². The molecule has 0 bridgehead atoms. The molecule has 0 aromatic rings. The van der Waals surface area contributed by atoms with E-state index in [1.807, 2.05) is 26.8 Å². The fraction of sp³-hybridized carbons (Fsp3) is 0.818. The topological polar surface area (TPSA) is 26.3 Å². The molecule has 2 unspecified atom stereocenters. The van der Waals surface area contributed by atoms with Crippen LogP contribution < -0.4 is 0 Å². The monoisotopic (exact) mass is 250 g/mol. The van der Waals surface area contributed by atoms with Crippen molar-refractivity contribution in [2.24, 2.45) is 10.8 Å². The van der Waals surface area contributed by atoms with E-state index in [1.165, 1.54) is 0 Å². The molecule has 4 heteroatoms. The maximum Gasteiger partial charge on any atom is 0.316 e. The van der Waals surface area contributed by atoms with Gasteiger partial charge in [0, 0.05) is 5.31 Å². The van der Waals surface area contributed by atoms with Crippen LogP contribution in [0, 0.1) is 10.8 Å². The average molecular weight is 251 g/mol. The van der Waals surface area contributed by atoms with Crippen molar-refractivity contribution in [2.45, 2.75) is 47.6 Å². The Balaban J connectivity index is 3.10. The highest BCUT2D eigenvalue weighted by molar-refractivity contribution is 7.88. The number of halogens is 1. The highest BCUT2D eigenvalue weighted by Gasteiger charge is 2.45. The van der Waals surface area contributed by atoms with Crippen molar-refractivity contribution in [2.75, 3.05) is 0 Å². The van der Waals surface area contributed by atoms with E-state index in [0.29, 0.717) is 0 Å². The van der Waals surface area contributed by atoms with Gasteiger partial charge < -0.3 is 4.52 Å². The summed E-state index contributed by atoms with van der Waals surface area (Å²) in [5.41, 5.74) is -0.269. The van der Waals surface area contributed by atoms with Gasteiger partial charge in [-0.25, -0.2) is 0 Å². The molecule has 1 aliphatic rings. The second-order valence-corrected chi connectivity index (χ2v) is 9.16. The van der Waals surface area contributed by atoms with Crippen LogP contribution in [0.15, 0.2) is 11.4 Å². The fourth-order valence-electron chi connectivity index (χ4n) is 1.52. The van der Waals surface area contributed by atoms with Crippen LogP contribution in [0.3, 0.4) is 0 Å². The normalized spacial score (nSPS) is 33.0. The molecule has 1 heterocycles. The van der Waals surface area contributed by atoms with Crippen LogP contribution in [0.1, 0.15) is 41.5 Å². The van der Waals surface area contributed by atoms with Crippen molar-refractivity contribution in [3.05, 3.63) is 11.4 Å². The molecule has 0 aromatic heterocycles. The summed E-state index contributed by atoms with van der Waals surface area (Å²) in [7, 11) is 0. The van der Waals surface area contributed by atoms with Gasteiger partial charge in [-0.05, 0) is 28.1 Å². The Morgan fingerprint density at radius 1 is 1.27 bits per heavy atom. The Morgan fingerprint density at radius 3 is 1.93 bits per heavy atom. The second-order valence-electron chi connectivity index (χ2n) is 6.17. The molecule has 0 amide bonds. The Morgan fingerprint density at radius 2 is 1.73 bits per heavy atom. The Kier molecular flexibility index (Phi) is 3.20.